The second kappa shape index (κ2) is 11.3. The van der Waals surface area contributed by atoms with Crippen molar-refractivity contribution < 1.29 is 13.2 Å². The Kier molecular flexibility index (Phi) is 7.88. The Labute approximate surface area is 219 Å². The fourth-order valence-corrected chi connectivity index (χ4v) is 6.72. The average Bonchev–Trinajstić information content (AvgIpc) is 2.93. The van der Waals surface area contributed by atoms with Crippen LogP contribution in [0.25, 0.3) is 22.3 Å². The largest absolute Gasteiger partial charge is 0.206 e. The van der Waals surface area contributed by atoms with Gasteiger partial charge in [-0.3, -0.25) is 0 Å². The molecule has 0 nitrogen and oxygen atoms in total. The maximum absolute atomic E-state index is 15.2. The molecule has 0 unspecified atom stereocenters. The van der Waals surface area contributed by atoms with Crippen LogP contribution in [0.4, 0.5) is 13.2 Å². The first kappa shape index (κ1) is 25.8. The zero-order valence-electron chi connectivity index (χ0n) is 22.0. The number of rotatable bonds is 5. The highest BCUT2D eigenvalue weighted by atomic mass is 19.2. The Morgan fingerprint density at radius 2 is 1.22 bits per heavy atom. The van der Waals surface area contributed by atoms with Gasteiger partial charge in [-0.2, -0.15) is 0 Å². The molecule has 5 rings (SSSR count). The molecule has 3 heteroatoms. The molecule has 3 aromatic rings. The van der Waals surface area contributed by atoms with Crippen molar-refractivity contribution in [3.05, 3.63) is 95.3 Å². The summed E-state index contributed by atoms with van der Waals surface area (Å²) in [5, 5.41) is 0. The molecule has 0 aromatic heterocycles. The standard InChI is InChI=1S/C34H37F3/c1-3-4-23-6-8-24(9-7-23)25-10-12-26(13-11-25)29-18-20-30(32(35)21-29)27-14-16-28(17-15-27)31-19-5-22(2)33(36)34(31)37/h3-5,14-21,23-26H,6-13H2,1-2H3. The van der Waals surface area contributed by atoms with Crippen LogP contribution in [0.5, 0.6) is 0 Å². The number of hydrogen-bond donors (Lipinski definition) is 0. The zero-order chi connectivity index (χ0) is 25.9. The molecule has 0 saturated heterocycles. The lowest BCUT2D eigenvalue weighted by Crippen LogP contribution is -2.25. The van der Waals surface area contributed by atoms with Crippen LogP contribution in [0.3, 0.4) is 0 Å². The maximum Gasteiger partial charge on any atom is 0.166 e. The molecule has 194 valence electrons. The monoisotopic (exact) mass is 502 g/mol. The molecule has 0 N–H and O–H groups in total. The molecule has 0 radical (unpaired) electrons. The second-order valence-corrected chi connectivity index (χ2v) is 11.2. The van der Waals surface area contributed by atoms with E-state index < -0.39 is 11.6 Å². The minimum Gasteiger partial charge on any atom is -0.206 e. The van der Waals surface area contributed by atoms with Crippen molar-refractivity contribution >= 4 is 0 Å². The van der Waals surface area contributed by atoms with Gasteiger partial charge in [0.15, 0.2) is 11.6 Å². The average molecular weight is 503 g/mol. The summed E-state index contributed by atoms with van der Waals surface area (Å²) in [4.78, 5) is 0. The van der Waals surface area contributed by atoms with Gasteiger partial charge in [0.1, 0.15) is 5.82 Å². The number of hydrogen-bond acceptors (Lipinski definition) is 0. The van der Waals surface area contributed by atoms with E-state index in [2.05, 4.69) is 25.1 Å². The van der Waals surface area contributed by atoms with Gasteiger partial charge >= 0.3 is 0 Å². The van der Waals surface area contributed by atoms with Crippen molar-refractivity contribution in [2.45, 2.75) is 71.1 Å². The summed E-state index contributed by atoms with van der Waals surface area (Å²) in [5.41, 5.74) is 3.44. The van der Waals surface area contributed by atoms with Crippen molar-refractivity contribution in [3.63, 3.8) is 0 Å². The smallest absolute Gasteiger partial charge is 0.166 e. The molecule has 2 saturated carbocycles. The van der Waals surface area contributed by atoms with Crippen LogP contribution in [-0.4, -0.2) is 0 Å². The summed E-state index contributed by atoms with van der Waals surface area (Å²) < 4.78 is 43.6. The van der Waals surface area contributed by atoms with Gasteiger partial charge < -0.3 is 0 Å². The maximum atomic E-state index is 15.2. The molecule has 2 aliphatic carbocycles. The molecule has 0 spiro atoms. The summed E-state index contributed by atoms with van der Waals surface area (Å²) in [6.07, 6.45) is 14.8. The SMILES string of the molecule is CC=CC1CCC(C2CCC(c3ccc(-c4ccc(-c5ccc(C)c(F)c5F)cc4)c(F)c3)CC2)CC1. The van der Waals surface area contributed by atoms with E-state index in [0.717, 1.165) is 41.7 Å². The molecular formula is C34H37F3. The van der Waals surface area contributed by atoms with E-state index in [0.29, 0.717) is 17.0 Å². The first-order valence-electron chi connectivity index (χ1n) is 13.9. The van der Waals surface area contributed by atoms with E-state index in [1.807, 2.05) is 6.07 Å². The first-order chi connectivity index (χ1) is 17.9. The Hall–Kier alpha value is -2.81. The van der Waals surface area contributed by atoms with Gasteiger partial charge in [0, 0.05) is 11.1 Å². The van der Waals surface area contributed by atoms with Crippen LogP contribution in [0, 0.1) is 42.1 Å². The minimum atomic E-state index is -0.848. The highest BCUT2D eigenvalue weighted by molar-refractivity contribution is 5.71. The van der Waals surface area contributed by atoms with Crippen LogP contribution in [0.2, 0.25) is 0 Å². The molecule has 0 amide bonds. The van der Waals surface area contributed by atoms with E-state index >= 15 is 4.39 Å². The van der Waals surface area contributed by atoms with Crippen molar-refractivity contribution in [2.75, 3.05) is 0 Å². The van der Waals surface area contributed by atoms with E-state index in [4.69, 9.17) is 0 Å². The zero-order valence-corrected chi connectivity index (χ0v) is 22.0. The van der Waals surface area contributed by atoms with Crippen LogP contribution in [0.1, 0.15) is 75.3 Å². The molecule has 0 bridgehead atoms. The third-order valence-electron chi connectivity index (χ3n) is 8.97. The lowest BCUT2D eigenvalue weighted by molar-refractivity contribution is 0.171. The molecule has 37 heavy (non-hydrogen) atoms. The van der Waals surface area contributed by atoms with Crippen LogP contribution < -0.4 is 0 Å². The molecule has 0 aliphatic heterocycles. The van der Waals surface area contributed by atoms with E-state index in [1.54, 1.807) is 49.4 Å². The lowest BCUT2D eigenvalue weighted by atomic mass is 9.68. The van der Waals surface area contributed by atoms with E-state index in [1.165, 1.54) is 38.5 Å². The molecule has 0 heterocycles. The topological polar surface area (TPSA) is 0 Å². The van der Waals surface area contributed by atoms with E-state index in [9.17, 15) is 8.78 Å². The van der Waals surface area contributed by atoms with Gasteiger partial charge in [-0.15, -0.1) is 0 Å². The molecule has 2 aliphatic rings. The van der Waals surface area contributed by atoms with Crippen molar-refractivity contribution in [1.29, 1.82) is 0 Å². The summed E-state index contributed by atoms with van der Waals surface area (Å²) in [6.45, 7) is 3.66. The third kappa shape index (κ3) is 5.56. The minimum absolute atomic E-state index is 0.215. The van der Waals surface area contributed by atoms with Crippen LogP contribution in [-0.2, 0) is 0 Å². The Morgan fingerprint density at radius 3 is 1.81 bits per heavy atom. The van der Waals surface area contributed by atoms with Gasteiger partial charge in [-0.1, -0.05) is 60.7 Å². The summed E-state index contributed by atoms with van der Waals surface area (Å²) in [5.74, 6) is 1.02. The predicted octanol–water partition coefficient (Wildman–Crippen LogP) is 10.4. The number of halogens is 3. The summed E-state index contributed by atoms with van der Waals surface area (Å²) in [6, 6.07) is 15.8. The highest BCUT2D eigenvalue weighted by Crippen LogP contribution is 2.44. The third-order valence-corrected chi connectivity index (χ3v) is 8.97. The van der Waals surface area contributed by atoms with Gasteiger partial charge in [-0.05, 0) is 117 Å². The normalized spacial score (nSPS) is 24.5. The molecule has 0 atom stereocenters. The van der Waals surface area contributed by atoms with Gasteiger partial charge in [-0.25, -0.2) is 13.2 Å². The second-order valence-electron chi connectivity index (χ2n) is 11.2. The predicted molar refractivity (Wildman–Crippen MR) is 147 cm³/mol. The fourth-order valence-electron chi connectivity index (χ4n) is 6.72. The Morgan fingerprint density at radius 1 is 0.649 bits per heavy atom. The fraction of sp³-hybridized carbons (Fsp3) is 0.412. The van der Waals surface area contributed by atoms with Crippen molar-refractivity contribution in [1.82, 2.24) is 0 Å². The highest BCUT2D eigenvalue weighted by Gasteiger charge is 2.31. The van der Waals surface area contributed by atoms with Gasteiger partial charge in [0.05, 0.1) is 0 Å². The molecule has 2 fully saturated rings. The molecule has 3 aromatic carbocycles. The number of allylic oxidation sites excluding steroid dienone is 2. The number of aryl methyl sites for hydroxylation is 1. The van der Waals surface area contributed by atoms with Crippen molar-refractivity contribution in [3.8, 4) is 22.3 Å². The van der Waals surface area contributed by atoms with Gasteiger partial charge in [0.2, 0.25) is 0 Å². The first-order valence-corrected chi connectivity index (χ1v) is 13.9. The summed E-state index contributed by atoms with van der Waals surface area (Å²) >= 11 is 0. The number of benzene rings is 3. The quantitative estimate of drug-likeness (QED) is 0.304. The van der Waals surface area contributed by atoms with Crippen LogP contribution >= 0.6 is 0 Å². The molecular weight excluding hydrogens is 465 g/mol. The lowest BCUT2D eigenvalue weighted by Gasteiger charge is -2.37. The van der Waals surface area contributed by atoms with Gasteiger partial charge in [0.25, 0.3) is 0 Å². The Balaban J connectivity index is 1.22. The van der Waals surface area contributed by atoms with Crippen molar-refractivity contribution in [2.24, 2.45) is 17.8 Å². The van der Waals surface area contributed by atoms with E-state index in [-0.39, 0.29) is 16.9 Å². The Bertz CT molecular complexity index is 1240. The van der Waals surface area contributed by atoms with Crippen LogP contribution in [0.15, 0.2) is 66.7 Å². The summed E-state index contributed by atoms with van der Waals surface area (Å²) in [7, 11) is 0.